The average molecular weight is 455 g/mol. The predicted molar refractivity (Wildman–Crippen MR) is 120 cm³/mol. The van der Waals surface area contributed by atoms with Gasteiger partial charge in [-0.3, -0.25) is 9.52 Å². The maximum absolute atomic E-state index is 14.1. The van der Waals surface area contributed by atoms with Crippen LogP contribution >= 0.6 is 0 Å². The van der Waals surface area contributed by atoms with Crippen molar-refractivity contribution in [3.05, 3.63) is 89.7 Å². The maximum atomic E-state index is 14.1. The Bertz CT molecular complexity index is 1220. The van der Waals surface area contributed by atoms with E-state index >= 15 is 0 Å². The van der Waals surface area contributed by atoms with Gasteiger partial charge in [0.1, 0.15) is 11.6 Å². The second kappa shape index (κ2) is 9.00. The molecule has 1 aliphatic carbocycles. The van der Waals surface area contributed by atoms with Crippen LogP contribution in [-0.2, 0) is 16.6 Å². The van der Waals surface area contributed by atoms with E-state index in [0.29, 0.717) is 17.0 Å². The van der Waals surface area contributed by atoms with Crippen LogP contribution in [0, 0.1) is 5.82 Å². The highest BCUT2D eigenvalue weighted by molar-refractivity contribution is 7.92. The normalized spacial score (nSPS) is 13.4. The zero-order valence-electron chi connectivity index (χ0n) is 17.5. The first-order valence-electron chi connectivity index (χ1n) is 10.2. The summed E-state index contributed by atoms with van der Waals surface area (Å²) >= 11 is 0. The van der Waals surface area contributed by atoms with Gasteiger partial charge in [0.25, 0.3) is 15.9 Å². The lowest BCUT2D eigenvalue weighted by Crippen LogP contribution is -2.33. The molecule has 1 N–H and O–H groups in total. The molecule has 4 rings (SSSR count). The predicted octanol–water partition coefficient (Wildman–Crippen LogP) is 4.44. The van der Waals surface area contributed by atoms with Crippen molar-refractivity contribution in [2.75, 3.05) is 11.8 Å². The first kappa shape index (κ1) is 21.8. The van der Waals surface area contributed by atoms with Crippen LogP contribution in [0.3, 0.4) is 0 Å². The Morgan fingerprint density at radius 1 is 1.06 bits per heavy atom. The monoisotopic (exact) mass is 454 g/mol. The molecule has 3 aromatic rings. The van der Waals surface area contributed by atoms with E-state index in [-0.39, 0.29) is 34.8 Å². The SMILES string of the molecule is COc1ccc(NS(=O)(=O)c2cccc(C(=O)N(Cc3ccccc3F)C3CC3)c2)cc1. The molecule has 0 atom stereocenters. The summed E-state index contributed by atoms with van der Waals surface area (Å²) in [5.41, 5.74) is 1.05. The summed E-state index contributed by atoms with van der Waals surface area (Å²) in [6.45, 7) is 0.136. The molecule has 3 aromatic carbocycles. The minimum absolute atomic E-state index is 0.0270. The lowest BCUT2D eigenvalue weighted by molar-refractivity contribution is 0.0728. The molecule has 0 unspecified atom stereocenters. The van der Waals surface area contributed by atoms with Crippen molar-refractivity contribution >= 4 is 21.6 Å². The van der Waals surface area contributed by atoms with Gasteiger partial charge in [-0.15, -0.1) is 0 Å². The summed E-state index contributed by atoms with van der Waals surface area (Å²) in [5.74, 6) is -0.0845. The van der Waals surface area contributed by atoms with Crippen LogP contribution in [0.4, 0.5) is 10.1 Å². The fourth-order valence-corrected chi connectivity index (χ4v) is 4.50. The summed E-state index contributed by atoms with van der Waals surface area (Å²) in [6, 6.07) is 18.7. The number of sulfonamides is 1. The van der Waals surface area contributed by atoms with E-state index < -0.39 is 10.0 Å². The van der Waals surface area contributed by atoms with Crippen LogP contribution in [0.1, 0.15) is 28.8 Å². The van der Waals surface area contributed by atoms with Crippen LogP contribution < -0.4 is 9.46 Å². The highest BCUT2D eigenvalue weighted by Crippen LogP contribution is 2.31. The summed E-state index contributed by atoms with van der Waals surface area (Å²) in [5, 5.41) is 0. The first-order valence-corrected chi connectivity index (χ1v) is 11.7. The molecule has 1 fully saturated rings. The minimum Gasteiger partial charge on any atom is -0.497 e. The van der Waals surface area contributed by atoms with Crippen LogP contribution in [0.5, 0.6) is 5.75 Å². The highest BCUT2D eigenvalue weighted by Gasteiger charge is 2.34. The van der Waals surface area contributed by atoms with Gasteiger partial charge in [-0.05, 0) is 61.4 Å². The number of anilines is 1. The number of amides is 1. The zero-order chi connectivity index (χ0) is 22.7. The Morgan fingerprint density at radius 2 is 1.78 bits per heavy atom. The van der Waals surface area contributed by atoms with Gasteiger partial charge < -0.3 is 9.64 Å². The standard InChI is InChI=1S/C24H23FN2O4S/c1-31-21-13-9-19(10-14-21)26-32(29,30)22-7-4-6-17(15-22)24(28)27(20-11-12-20)16-18-5-2-3-8-23(18)25/h2-10,13-15,20,26H,11-12,16H2,1H3. The smallest absolute Gasteiger partial charge is 0.261 e. The number of benzene rings is 3. The van der Waals surface area contributed by atoms with Gasteiger partial charge in [0, 0.05) is 29.4 Å². The van der Waals surface area contributed by atoms with Crippen LogP contribution in [0.15, 0.2) is 77.7 Å². The van der Waals surface area contributed by atoms with Gasteiger partial charge in [-0.25, -0.2) is 12.8 Å². The molecule has 0 aromatic heterocycles. The lowest BCUT2D eigenvalue weighted by atomic mass is 10.1. The van der Waals surface area contributed by atoms with E-state index in [2.05, 4.69) is 4.72 Å². The molecule has 0 bridgehead atoms. The number of carbonyl (C=O) groups excluding carboxylic acids is 1. The summed E-state index contributed by atoms with van der Waals surface area (Å²) < 4.78 is 47.5. The maximum Gasteiger partial charge on any atom is 0.261 e. The first-order chi connectivity index (χ1) is 15.4. The van der Waals surface area contributed by atoms with E-state index in [1.165, 1.54) is 31.4 Å². The van der Waals surface area contributed by atoms with Gasteiger partial charge in [0.15, 0.2) is 0 Å². The third kappa shape index (κ3) is 4.91. The van der Waals surface area contributed by atoms with Crippen LogP contribution in [0.25, 0.3) is 0 Å². The third-order valence-corrected chi connectivity index (χ3v) is 6.66. The van der Waals surface area contributed by atoms with Crippen molar-refractivity contribution in [2.24, 2.45) is 0 Å². The molecule has 0 saturated heterocycles. The van der Waals surface area contributed by atoms with E-state index in [1.54, 1.807) is 53.4 Å². The second-order valence-electron chi connectivity index (χ2n) is 7.62. The van der Waals surface area contributed by atoms with Crippen molar-refractivity contribution in [2.45, 2.75) is 30.3 Å². The van der Waals surface area contributed by atoms with Crippen LogP contribution in [-0.4, -0.2) is 32.4 Å². The molecule has 0 aliphatic heterocycles. The van der Waals surface area contributed by atoms with Crippen molar-refractivity contribution in [3.63, 3.8) is 0 Å². The summed E-state index contributed by atoms with van der Waals surface area (Å²) in [4.78, 5) is 14.8. The number of rotatable bonds is 8. The molecule has 166 valence electrons. The Labute approximate surface area is 186 Å². The molecule has 8 heteroatoms. The van der Waals surface area contributed by atoms with Gasteiger partial charge in [0.2, 0.25) is 0 Å². The van der Waals surface area contributed by atoms with Crippen molar-refractivity contribution in [1.82, 2.24) is 4.90 Å². The van der Waals surface area contributed by atoms with Crippen molar-refractivity contribution in [1.29, 1.82) is 0 Å². The number of methoxy groups -OCH3 is 1. The fraction of sp³-hybridized carbons (Fsp3) is 0.208. The van der Waals surface area contributed by atoms with E-state index in [9.17, 15) is 17.6 Å². The zero-order valence-corrected chi connectivity index (χ0v) is 18.3. The molecule has 0 spiro atoms. The largest absolute Gasteiger partial charge is 0.497 e. The molecule has 32 heavy (non-hydrogen) atoms. The number of hydrogen-bond acceptors (Lipinski definition) is 4. The number of hydrogen-bond donors (Lipinski definition) is 1. The quantitative estimate of drug-likeness (QED) is 0.546. The lowest BCUT2D eigenvalue weighted by Gasteiger charge is -2.23. The topological polar surface area (TPSA) is 75.7 Å². The van der Waals surface area contributed by atoms with Gasteiger partial charge in [-0.2, -0.15) is 0 Å². The Balaban J connectivity index is 1.56. The number of halogens is 1. The Morgan fingerprint density at radius 3 is 2.44 bits per heavy atom. The average Bonchev–Trinajstić information content (AvgIpc) is 3.64. The number of carbonyl (C=O) groups is 1. The fourth-order valence-electron chi connectivity index (χ4n) is 3.40. The van der Waals surface area contributed by atoms with Gasteiger partial charge in [-0.1, -0.05) is 24.3 Å². The summed E-state index contributed by atoms with van der Waals surface area (Å²) in [7, 11) is -2.38. The van der Waals surface area contributed by atoms with E-state index in [4.69, 9.17) is 4.74 Å². The minimum atomic E-state index is -3.91. The molecule has 6 nitrogen and oxygen atoms in total. The van der Waals surface area contributed by atoms with Crippen molar-refractivity contribution < 1.29 is 22.3 Å². The Hall–Kier alpha value is -3.39. The summed E-state index contributed by atoms with van der Waals surface area (Å²) in [6.07, 6.45) is 1.69. The van der Waals surface area contributed by atoms with Crippen molar-refractivity contribution in [3.8, 4) is 5.75 Å². The number of nitrogens with zero attached hydrogens (tertiary/aromatic N) is 1. The molecule has 1 amide bonds. The molecule has 0 heterocycles. The molecule has 1 saturated carbocycles. The highest BCUT2D eigenvalue weighted by atomic mass is 32.2. The molecule has 1 aliphatic rings. The number of ether oxygens (including phenoxy) is 1. The van der Waals surface area contributed by atoms with E-state index in [1.807, 2.05) is 0 Å². The third-order valence-electron chi connectivity index (χ3n) is 5.28. The van der Waals surface area contributed by atoms with Crippen LogP contribution in [0.2, 0.25) is 0 Å². The molecular weight excluding hydrogens is 431 g/mol. The molecular formula is C24H23FN2O4S. The van der Waals surface area contributed by atoms with E-state index in [0.717, 1.165) is 12.8 Å². The van der Waals surface area contributed by atoms with Gasteiger partial charge >= 0.3 is 0 Å². The van der Waals surface area contributed by atoms with Gasteiger partial charge in [0.05, 0.1) is 12.0 Å². The number of nitrogens with one attached hydrogen (secondary N) is 1. The Kier molecular flexibility index (Phi) is 6.14. The molecule has 0 radical (unpaired) electrons. The second-order valence-corrected chi connectivity index (χ2v) is 9.30.